The van der Waals surface area contributed by atoms with Crippen LogP contribution in [0.25, 0.3) is 0 Å². The first-order valence-electron chi connectivity index (χ1n) is 9.71. The third-order valence-electron chi connectivity index (χ3n) is 6.02. The Balaban J connectivity index is 1.47. The lowest BCUT2D eigenvalue weighted by atomic mass is 9.98. The van der Waals surface area contributed by atoms with Crippen molar-refractivity contribution in [1.29, 1.82) is 0 Å². The molecule has 3 nitrogen and oxygen atoms in total. The second-order valence-corrected chi connectivity index (χ2v) is 7.96. The number of fused-ring (bicyclic) bond motifs is 1. The average Bonchev–Trinajstić information content (AvgIpc) is 3.10. The summed E-state index contributed by atoms with van der Waals surface area (Å²) in [5.41, 5.74) is 7.27. The molecule has 1 saturated heterocycles. The lowest BCUT2D eigenvalue weighted by Crippen LogP contribution is -2.41. The van der Waals surface area contributed by atoms with Gasteiger partial charge in [-0.3, -0.25) is 9.69 Å². The molecule has 2 aliphatic rings. The van der Waals surface area contributed by atoms with Gasteiger partial charge in [0.05, 0.1) is 0 Å². The van der Waals surface area contributed by atoms with Gasteiger partial charge < -0.3 is 4.90 Å². The van der Waals surface area contributed by atoms with Gasteiger partial charge in [-0.15, -0.1) is 0 Å². The Bertz CT molecular complexity index is 819. The second kappa shape index (κ2) is 6.88. The van der Waals surface area contributed by atoms with E-state index in [1.165, 1.54) is 16.7 Å². The summed E-state index contributed by atoms with van der Waals surface area (Å²) in [6.45, 7) is 10.1. The van der Waals surface area contributed by atoms with Gasteiger partial charge in [-0.05, 0) is 55.9 Å². The first kappa shape index (κ1) is 17.3. The van der Waals surface area contributed by atoms with Gasteiger partial charge in [0, 0.05) is 37.8 Å². The number of likely N-dealkylation sites (tertiary alicyclic amines) is 1. The minimum Gasteiger partial charge on any atom is -0.337 e. The maximum Gasteiger partial charge on any atom is 0.254 e. The summed E-state index contributed by atoms with van der Waals surface area (Å²) in [5.74, 6) is 0.208. The maximum absolute atomic E-state index is 13.1. The van der Waals surface area contributed by atoms with E-state index in [1.54, 1.807) is 0 Å². The third-order valence-corrected chi connectivity index (χ3v) is 6.02. The van der Waals surface area contributed by atoms with E-state index in [0.29, 0.717) is 6.04 Å². The summed E-state index contributed by atoms with van der Waals surface area (Å²) >= 11 is 0. The topological polar surface area (TPSA) is 23.6 Å². The van der Waals surface area contributed by atoms with E-state index in [2.05, 4.69) is 67.0 Å². The largest absolute Gasteiger partial charge is 0.337 e. The summed E-state index contributed by atoms with van der Waals surface area (Å²) in [7, 11) is 0. The summed E-state index contributed by atoms with van der Waals surface area (Å²) in [6.07, 6.45) is 2.20. The quantitative estimate of drug-likeness (QED) is 0.822. The molecule has 2 heterocycles. The molecule has 2 aromatic rings. The van der Waals surface area contributed by atoms with E-state index in [4.69, 9.17) is 0 Å². The fraction of sp³-hybridized carbons (Fsp3) is 0.435. The molecule has 3 heteroatoms. The van der Waals surface area contributed by atoms with Crippen molar-refractivity contribution in [3.05, 3.63) is 69.8 Å². The van der Waals surface area contributed by atoms with Gasteiger partial charge in [-0.25, -0.2) is 0 Å². The Kier molecular flexibility index (Phi) is 4.58. The van der Waals surface area contributed by atoms with Crippen LogP contribution in [0.15, 0.2) is 36.4 Å². The van der Waals surface area contributed by atoms with Gasteiger partial charge in [-0.2, -0.15) is 0 Å². The van der Waals surface area contributed by atoms with Crippen LogP contribution in [0.2, 0.25) is 0 Å². The van der Waals surface area contributed by atoms with E-state index in [0.717, 1.165) is 55.7 Å². The lowest BCUT2D eigenvalue weighted by molar-refractivity contribution is 0.0772. The standard InChI is InChI=1S/C23H28N2O/c1-16-12-17(2)22(18(3)13-16)23(26)25-11-9-21(15-25)24-10-8-19-6-4-5-7-20(19)14-24/h4-7,12-13,21H,8-11,14-15H2,1-3H3. The first-order chi connectivity index (χ1) is 12.5. The molecule has 0 aromatic heterocycles. The molecule has 0 radical (unpaired) electrons. The van der Waals surface area contributed by atoms with Crippen LogP contribution in [0.5, 0.6) is 0 Å². The number of nitrogens with zero attached hydrogens (tertiary/aromatic N) is 2. The molecule has 0 aliphatic carbocycles. The van der Waals surface area contributed by atoms with Gasteiger partial charge in [-0.1, -0.05) is 42.0 Å². The Labute approximate surface area is 156 Å². The average molecular weight is 348 g/mol. The number of hydrogen-bond acceptors (Lipinski definition) is 2. The second-order valence-electron chi connectivity index (χ2n) is 7.96. The molecule has 1 amide bonds. The van der Waals surface area contributed by atoms with Crippen molar-refractivity contribution in [2.24, 2.45) is 0 Å². The molecule has 0 saturated carbocycles. The summed E-state index contributed by atoms with van der Waals surface area (Å²) in [4.78, 5) is 17.8. The monoisotopic (exact) mass is 348 g/mol. The lowest BCUT2D eigenvalue weighted by Gasteiger charge is -2.33. The van der Waals surface area contributed by atoms with Crippen LogP contribution in [0.3, 0.4) is 0 Å². The van der Waals surface area contributed by atoms with Crippen molar-refractivity contribution in [2.45, 2.75) is 46.2 Å². The van der Waals surface area contributed by atoms with Crippen LogP contribution >= 0.6 is 0 Å². The Morgan fingerprint density at radius 2 is 1.69 bits per heavy atom. The van der Waals surface area contributed by atoms with E-state index in [-0.39, 0.29) is 5.91 Å². The highest BCUT2D eigenvalue weighted by Gasteiger charge is 2.33. The van der Waals surface area contributed by atoms with Crippen LogP contribution in [-0.4, -0.2) is 41.4 Å². The summed E-state index contributed by atoms with van der Waals surface area (Å²) in [5, 5.41) is 0. The summed E-state index contributed by atoms with van der Waals surface area (Å²) in [6, 6.07) is 13.5. The Morgan fingerprint density at radius 1 is 1.00 bits per heavy atom. The molecule has 2 aromatic carbocycles. The highest BCUT2D eigenvalue weighted by molar-refractivity contribution is 5.97. The molecule has 1 unspecified atom stereocenters. The zero-order valence-corrected chi connectivity index (χ0v) is 16.1. The van der Waals surface area contributed by atoms with Crippen molar-refractivity contribution in [2.75, 3.05) is 19.6 Å². The number of carbonyl (C=O) groups is 1. The zero-order valence-electron chi connectivity index (χ0n) is 16.1. The minimum absolute atomic E-state index is 0.208. The minimum atomic E-state index is 0.208. The smallest absolute Gasteiger partial charge is 0.254 e. The SMILES string of the molecule is Cc1cc(C)c(C(=O)N2CCC(N3CCc4ccccc4C3)C2)c(C)c1. The Morgan fingerprint density at radius 3 is 2.42 bits per heavy atom. The van der Waals surface area contributed by atoms with Gasteiger partial charge in [0.15, 0.2) is 0 Å². The molecule has 136 valence electrons. The van der Waals surface area contributed by atoms with E-state index in [9.17, 15) is 4.79 Å². The number of amides is 1. The predicted octanol–water partition coefficient (Wildman–Crippen LogP) is 3.88. The fourth-order valence-corrected chi connectivity index (χ4v) is 4.73. The van der Waals surface area contributed by atoms with Gasteiger partial charge >= 0.3 is 0 Å². The van der Waals surface area contributed by atoms with Crippen molar-refractivity contribution in [3.8, 4) is 0 Å². The van der Waals surface area contributed by atoms with Crippen LogP contribution in [0.1, 0.15) is 44.6 Å². The van der Waals surface area contributed by atoms with Crippen LogP contribution < -0.4 is 0 Å². The number of aryl methyl sites for hydroxylation is 3. The normalized spacial score (nSPS) is 20.3. The molecule has 1 atom stereocenters. The highest BCUT2D eigenvalue weighted by atomic mass is 16.2. The Hall–Kier alpha value is -2.13. The van der Waals surface area contributed by atoms with Crippen LogP contribution in [0.4, 0.5) is 0 Å². The molecule has 0 N–H and O–H groups in total. The molecule has 1 fully saturated rings. The molecular weight excluding hydrogens is 320 g/mol. The molecule has 4 rings (SSSR count). The first-order valence-corrected chi connectivity index (χ1v) is 9.71. The van der Waals surface area contributed by atoms with Crippen molar-refractivity contribution >= 4 is 5.91 Å². The molecule has 26 heavy (non-hydrogen) atoms. The van der Waals surface area contributed by atoms with Gasteiger partial charge in [0.25, 0.3) is 5.91 Å². The number of carbonyl (C=O) groups excluding carboxylic acids is 1. The van der Waals surface area contributed by atoms with Crippen molar-refractivity contribution < 1.29 is 4.79 Å². The summed E-state index contributed by atoms with van der Waals surface area (Å²) < 4.78 is 0. The number of benzene rings is 2. The zero-order chi connectivity index (χ0) is 18.3. The van der Waals surface area contributed by atoms with Gasteiger partial charge in [0.2, 0.25) is 0 Å². The fourth-order valence-electron chi connectivity index (χ4n) is 4.73. The highest BCUT2D eigenvalue weighted by Crippen LogP contribution is 2.26. The molecule has 0 bridgehead atoms. The number of hydrogen-bond donors (Lipinski definition) is 0. The maximum atomic E-state index is 13.1. The van der Waals surface area contributed by atoms with E-state index >= 15 is 0 Å². The number of rotatable bonds is 2. The van der Waals surface area contributed by atoms with Crippen molar-refractivity contribution in [1.82, 2.24) is 9.80 Å². The van der Waals surface area contributed by atoms with E-state index < -0.39 is 0 Å². The van der Waals surface area contributed by atoms with Crippen LogP contribution in [0, 0.1) is 20.8 Å². The molecular formula is C23H28N2O. The van der Waals surface area contributed by atoms with E-state index in [1.807, 2.05) is 0 Å². The van der Waals surface area contributed by atoms with Crippen LogP contribution in [-0.2, 0) is 13.0 Å². The predicted molar refractivity (Wildman–Crippen MR) is 106 cm³/mol. The third kappa shape index (κ3) is 3.16. The molecule has 0 spiro atoms. The molecule has 2 aliphatic heterocycles. The van der Waals surface area contributed by atoms with Crippen molar-refractivity contribution in [3.63, 3.8) is 0 Å². The van der Waals surface area contributed by atoms with Gasteiger partial charge in [0.1, 0.15) is 0 Å².